The molecule has 0 nitrogen and oxygen atoms in total. The molecule has 0 radical (unpaired) electrons. The molecule has 2 fully saturated rings. The van der Waals surface area contributed by atoms with Gasteiger partial charge in [-0.3, -0.25) is 0 Å². The highest BCUT2D eigenvalue weighted by Gasteiger charge is 2.61. The second-order valence-electron chi connectivity index (χ2n) is 4.60. The molecule has 2 saturated carbocycles. The van der Waals surface area contributed by atoms with Gasteiger partial charge in [-0.2, -0.15) is 12.6 Å². The summed E-state index contributed by atoms with van der Waals surface area (Å²) < 4.78 is 0.436. The lowest BCUT2D eigenvalue weighted by Gasteiger charge is -2.36. The summed E-state index contributed by atoms with van der Waals surface area (Å²) in [7, 11) is 0. The molecule has 0 aromatic heterocycles. The van der Waals surface area contributed by atoms with E-state index in [1.165, 1.54) is 25.7 Å². The minimum atomic E-state index is 0.436. The van der Waals surface area contributed by atoms with E-state index in [1.807, 2.05) is 0 Å². The Morgan fingerprint density at radius 3 is 2.60 bits per heavy atom. The second kappa shape index (κ2) is 1.74. The predicted octanol–water partition coefficient (Wildman–Crippen LogP) is 2.89. The maximum Gasteiger partial charge on any atom is 0.0212 e. The van der Waals surface area contributed by atoms with Crippen LogP contribution < -0.4 is 0 Å². The van der Waals surface area contributed by atoms with Crippen LogP contribution in [0.25, 0.3) is 0 Å². The Kier molecular flexibility index (Phi) is 1.22. The monoisotopic (exact) mass is 156 g/mol. The van der Waals surface area contributed by atoms with Crippen LogP contribution in [0.5, 0.6) is 0 Å². The van der Waals surface area contributed by atoms with E-state index in [1.54, 1.807) is 0 Å². The summed E-state index contributed by atoms with van der Waals surface area (Å²) >= 11 is 4.77. The third-order valence-corrected chi connectivity index (χ3v) is 4.75. The summed E-state index contributed by atoms with van der Waals surface area (Å²) in [5, 5.41) is 0. The van der Waals surface area contributed by atoms with Gasteiger partial charge in [0.05, 0.1) is 0 Å². The molecule has 0 aromatic rings. The smallest absolute Gasteiger partial charge is 0.0212 e. The maximum atomic E-state index is 4.77. The zero-order chi connectivity index (χ0) is 7.41. The van der Waals surface area contributed by atoms with Crippen molar-refractivity contribution >= 4 is 12.6 Å². The van der Waals surface area contributed by atoms with Crippen molar-refractivity contribution in [1.82, 2.24) is 0 Å². The van der Waals surface area contributed by atoms with Gasteiger partial charge in [0.1, 0.15) is 0 Å². The Balaban J connectivity index is 2.21. The molecule has 0 bridgehead atoms. The lowest BCUT2D eigenvalue weighted by molar-refractivity contribution is 0.247. The number of hydrogen-bond acceptors (Lipinski definition) is 1. The van der Waals surface area contributed by atoms with E-state index in [-0.39, 0.29) is 0 Å². The summed E-state index contributed by atoms with van der Waals surface area (Å²) in [5.41, 5.74) is 0.513. The van der Waals surface area contributed by atoms with Gasteiger partial charge in [-0.15, -0.1) is 0 Å². The van der Waals surface area contributed by atoms with Crippen LogP contribution in [0, 0.1) is 11.3 Å². The Bertz CT molecular complexity index is 159. The first kappa shape index (κ1) is 7.02. The quantitative estimate of drug-likeness (QED) is 0.512. The second-order valence-corrected chi connectivity index (χ2v) is 5.40. The van der Waals surface area contributed by atoms with Gasteiger partial charge in [0.25, 0.3) is 0 Å². The van der Waals surface area contributed by atoms with Crippen LogP contribution in [0.15, 0.2) is 0 Å². The van der Waals surface area contributed by atoms with Crippen LogP contribution in [0.3, 0.4) is 0 Å². The Morgan fingerprint density at radius 1 is 1.40 bits per heavy atom. The third-order valence-electron chi connectivity index (χ3n) is 3.60. The van der Waals surface area contributed by atoms with Crippen LogP contribution in [0.4, 0.5) is 0 Å². The van der Waals surface area contributed by atoms with Gasteiger partial charge >= 0.3 is 0 Å². The zero-order valence-corrected chi connectivity index (χ0v) is 7.75. The summed E-state index contributed by atoms with van der Waals surface area (Å²) in [6.45, 7) is 4.75. The molecule has 1 heteroatoms. The first-order chi connectivity index (χ1) is 4.56. The molecule has 2 rings (SSSR count). The Labute approximate surface area is 68.8 Å². The minimum Gasteiger partial charge on any atom is -0.172 e. The van der Waals surface area contributed by atoms with E-state index < -0.39 is 0 Å². The largest absolute Gasteiger partial charge is 0.172 e. The average Bonchev–Trinajstić information content (AvgIpc) is 2.42. The van der Waals surface area contributed by atoms with Gasteiger partial charge in [0.2, 0.25) is 0 Å². The number of hydrogen-bond donors (Lipinski definition) is 1. The summed E-state index contributed by atoms with van der Waals surface area (Å²) in [5.74, 6) is 0.958. The number of fused-ring (bicyclic) bond motifs is 1. The lowest BCUT2D eigenvalue weighted by Crippen LogP contribution is -2.31. The van der Waals surface area contributed by atoms with Gasteiger partial charge in [-0.1, -0.05) is 20.3 Å². The van der Waals surface area contributed by atoms with E-state index >= 15 is 0 Å². The molecular formula is C9H16S. The van der Waals surface area contributed by atoms with Gasteiger partial charge in [0.15, 0.2) is 0 Å². The Hall–Kier alpha value is 0.350. The highest BCUT2D eigenvalue weighted by molar-refractivity contribution is 7.82. The van der Waals surface area contributed by atoms with Crippen molar-refractivity contribution in [1.29, 1.82) is 0 Å². The van der Waals surface area contributed by atoms with Crippen LogP contribution in [-0.4, -0.2) is 4.75 Å². The topological polar surface area (TPSA) is 0 Å². The molecule has 2 atom stereocenters. The molecule has 10 heavy (non-hydrogen) atoms. The van der Waals surface area contributed by atoms with Crippen molar-refractivity contribution in [2.75, 3.05) is 0 Å². The van der Waals surface area contributed by atoms with Crippen LogP contribution in [0.1, 0.15) is 39.5 Å². The van der Waals surface area contributed by atoms with Crippen molar-refractivity contribution in [3.05, 3.63) is 0 Å². The SMILES string of the molecule is CC1(C)CCCC2CC21S. The van der Waals surface area contributed by atoms with Crippen molar-refractivity contribution in [2.24, 2.45) is 11.3 Å². The molecule has 2 aliphatic rings. The fraction of sp³-hybridized carbons (Fsp3) is 1.00. The zero-order valence-electron chi connectivity index (χ0n) is 6.85. The van der Waals surface area contributed by atoms with E-state index in [2.05, 4.69) is 13.8 Å². The summed E-state index contributed by atoms with van der Waals surface area (Å²) in [6.07, 6.45) is 5.63. The molecule has 0 aromatic carbocycles. The third kappa shape index (κ3) is 0.702. The van der Waals surface area contributed by atoms with Gasteiger partial charge in [0, 0.05) is 4.75 Å². The molecule has 0 spiro atoms. The fourth-order valence-electron chi connectivity index (χ4n) is 2.49. The lowest BCUT2D eigenvalue weighted by atomic mass is 9.76. The van der Waals surface area contributed by atoms with E-state index in [0.29, 0.717) is 10.2 Å². The first-order valence-electron chi connectivity index (χ1n) is 4.29. The number of thiol groups is 1. The van der Waals surface area contributed by atoms with Crippen molar-refractivity contribution in [2.45, 2.75) is 44.3 Å². The summed E-state index contributed by atoms with van der Waals surface area (Å²) in [4.78, 5) is 0. The van der Waals surface area contributed by atoms with Gasteiger partial charge in [-0.05, 0) is 30.6 Å². The van der Waals surface area contributed by atoms with Gasteiger partial charge < -0.3 is 0 Å². The molecule has 2 aliphatic carbocycles. The van der Waals surface area contributed by atoms with Crippen LogP contribution >= 0.6 is 12.6 Å². The molecule has 0 aliphatic heterocycles. The molecular weight excluding hydrogens is 140 g/mol. The van der Waals surface area contributed by atoms with Crippen molar-refractivity contribution in [3.8, 4) is 0 Å². The molecule has 0 heterocycles. The Morgan fingerprint density at radius 2 is 2.10 bits per heavy atom. The van der Waals surface area contributed by atoms with Crippen LogP contribution in [0.2, 0.25) is 0 Å². The van der Waals surface area contributed by atoms with E-state index in [9.17, 15) is 0 Å². The molecule has 0 saturated heterocycles. The standard InChI is InChI=1S/C9H16S/c1-8(2)5-3-4-7-6-9(7,8)10/h7,10H,3-6H2,1-2H3. The van der Waals surface area contributed by atoms with Gasteiger partial charge in [-0.25, -0.2) is 0 Å². The van der Waals surface area contributed by atoms with E-state index in [4.69, 9.17) is 12.6 Å². The number of rotatable bonds is 0. The highest BCUT2D eigenvalue weighted by Crippen LogP contribution is 2.66. The fourth-order valence-corrected chi connectivity index (χ4v) is 2.95. The van der Waals surface area contributed by atoms with Crippen molar-refractivity contribution < 1.29 is 0 Å². The molecule has 0 N–H and O–H groups in total. The van der Waals surface area contributed by atoms with Crippen molar-refractivity contribution in [3.63, 3.8) is 0 Å². The molecule has 2 unspecified atom stereocenters. The average molecular weight is 156 g/mol. The first-order valence-corrected chi connectivity index (χ1v) is 4.73. The normalized spacial score (nSPS) is 50.1. The predicted molar refractivity (Wildman–Crippen MR) is 47.5 cm³/mol. The minimum absolute atomic E-state index is 0.436. The molecule has 58 valence electrons. The highest BCUT2D eigenvalue weighted by atomic mass is 32.1. The summed E-state index contributed by atoms with van der Waals surface area (Å²) in [6, 6.07) is 0. The van der Waals surface area contributed by atoms with Crippen LogP contribution in [-0.2, 0) is 0 Å². The maximum absolute atomic E-state index is 4.77. The van der Waals surface area contributed by atoms with E-state index in [0.717, 1.165) is 5.92 Å². The molecule has 0 amide bonds.